The smallest absolute Gasteiger partial charge is 0.0762 e. The number of halogens is 1. The number of hydrogen-bond acceptors (Lipinski definition) is 3. The third kappa shape index (κ3) is 2.61. The Morgan fingerprint density at radius 3 is 2.70 bits per heavy atom. The zero-order valence-electron chi connectivity index (χ0n) is 12.2. The van der Waals surface area contributed by atoms with Crippen LogP contribution in [0.4, 0.5) is 5.69 Å². The minimum atomic E-state index is -0.411. The fourth-order valence-corrected chi connectivity index (χ4v) is 4.21. The van der Waals surface area contributed by atoms with Crippen molar-refractivity contribution in [2.45, 2.75) is 44.4 Å². The highest BCUT2D eigenvalue weighted by molar-refractivity contribution is 9.10. The van der Waals surface area contributed by atoms with Crippen molar-refractivity contribution in [3.63, 3.8) is 0 Å². The van der Waals surface area contributed by atoms with Gasteiger partial charge in [-0.3, -0.25) is 4.90 Å². The molecule has 1 aromatic carbocycles. The van der Waals surface area contributed by atoms with Gasteiger partial charge >= 0.3 is 0 Å². The number of nitrogens with zero attached hydrogens (tertiary/aromatic N) is 2. The van der Waals surface area contributed by atoms with Gasteiger partial charge in [-0.2, -0.15) is 0 Å². The molecule has 2 bridgehead atoms. The summed E-state index contributed by atoms with van der Waals surface area (Å²) in [5.41, 5.74) is 2.23. The lowest BCUT2D eigenvalue weighted by atomic mass is 10.1. The molecule has 110 valence electrons. The Kier molecular flexibility index (Phi) is 4.07. The second-order valence-corrected chi connectivity index (χ2v) is 7.03. The third-order valence-electron chi connectivity index (χ3n) is 4.94. The number of hydrogen-bond donors (Lipinski definition) is 1. The van der Waals surface area contributed by atoms with Gasteiger partial charge in [0, 0.05) is 29.6 Å². The molecular formula is C16H23BrN2O. The second kappa shape index (κ2) is 5.66. The molecule has 1 N–H and O–H groups in total. The molecular weight excluding hydrogens is 316 g/mol. The van der Waals surface area contributed by atoms with Crippen molar-refractivity contribution in [3.8, 4) is 0 Å². The first kappa shape index (κ1) is 14.4. The van der Waals surface area contributed by atoms with Crippen LogP contribution in [0.15, 0.2) is 22.7 Å². The molecule has 2 saturated heterocycles. The molecule has 2 aliphatic rings. The van der Waals surface area contributed by atoms with E-state index in [0.29, 0.717) is 6.04 Å². The van der Waals surface area contributed by atoms with Crippen LogP contribution in [0.2, 0.25) is 0 Å². The van der Waals surface area contributed by atoms with E-state index < -0.39 is 6.10 Å². The van der Waals surface area contributed by atoms with Crippen LogP contribution >= 0.6 is 15.9 Å². The molecule has 1 aromatic rings. The van der Waals surface area contributed by atoms with E-state index in [2.05, 4.69) is 38.8 Å². The normalized spacial score (nSPS) is 28.5. The van der Waals surface area contributed by atoms with Crippen molar-refractivity contribution >= 4 is 21.6 Å². The maximum atomic E-state index is 9.67. The molecule has 2 unspecified atom stereocenters. The van der Waals surface area contributed by atoms with Crippen molar-refractivity contribution in [2.24, 2.45) is 0 Å². The maximum Gasteiger partial charge on any atom is 0.0762 e. The number of rotatable bonds is 2. The summed E-state index contributed by atoms with van der Waals surface area (Å²) in [7, 11) is 2.28. The molecule has 3 rings (SSSR count). The van der Waals surface area contributed by atoms with E-state index in [0.717, 1.165) is 29.2 Å². The summed E-state index contributed by atoms with van der Waals surface area (Å²) >= 11 is 3.68. The van der Waals surface area contributed by atoms with Crippen molar-refractivity contribution in [1.82, 2.24) is 4.90 Å². The molecule has 0 radical (unpaired) electrons. The summed E-state index contributed by atoms with van der Waals surface area (Å²) in [5.74, 6) is 0. The molecule has 0 amide bonds. The van der Waals surface area contributed by atoms with E-state index in [4.69, 9.17) is 0 Å². The first-order valence-corrected chi connectivity index (χ1v) is 8.30. The molecule has 0 aromatic heterocycles. The third-order valence-corrected chi connectivity index (χ3v) is 5.58. The fraction of sp³-hybridized carbons (Fsp3) is 0.625. The molecule has 2 heterocycles. The quantitative estimate of drug-likeness (QED) is 0.897. The lowest BCUT2D eigenvalue weighted by molar-refractivity contribution is 0.199. The molecule has 2 fully saturated rings. The number of benzene rings is 1. The topological polar surface area (TPSA) is 26.7 Å². The minimum Gasteiger partial charge on any atom is -0.389 e. The zero-order chi connectivity index (χ0) is 14.3. The van der Waals surface area contributed by atoms with E-state index >= 15 is 0 Å². The van der Waals surface area contributed by atoms with Crippen LogP contribution in [0.1, 0.15) is 37.9 Å². The van der Waals surface area contributed by atoms with E-state index in [1.54, 1.807) is 6.92 Å². The van der Waals surface area contributed by atoms with Gasteiger partial charge in [0.25, 0.3) is 0 Å². The average molecular weight is 339 g/mol. The van der Waals surface area contributed by atoms with Crippen LogP contribution in [-0.4, -0.2) is 42.2 Å². The highest BCUT2D eigenvalue weighted by Gasteiger charge is 2.34. The van der Waals surface area contributed by atoms with E-state index in [1.807, 2.05) is 12.1 Å². The Morgan fingerprint density at radius 1 is 1.25 bits per heavy atom. The van der Waals surface area contributed by atoms with Gasteiger partial charge in [0.1, 0.15) is 0 Å². The van der Waals surface area contributed by atoms with Gasteiger partial charge in [-0.05, 0) is 66.9 Å². The van der Waals surface area contributed by atoms with Crippen molar-refractivity contribution in [3.05, 3.63) is 28.2 Å². The summed E-state index contributed by atoms with van der Waals surface area (Å²) in [6, 6.07) is 7.68. The first-order valence-electron chi connectivity index (χ1n) is 7.50. The Balaban J connectivity index is 1.82. The summed E-state index contributed by atoms with van der Waals surface area (Å²) < 4.78 is 1.09. The summed E-state index contributed by atoms with van der Waals surface area (Å²) in [6.07, 6.45) is 3.52. The number of fused-ring (bicyclic) bond motifs is 2. The highest BCUT2D eigenvalue weighted by atomic mass is 79.9. The molecule has 4 heteroatoms. The van der Waals surface area contributed by atoms with Crippen LogP contribution in [0.5, 0.6) is 0 Å². The molecule has 2 aliphatic heterocycles. The highest BCUT2D eigenvalue weighted by Crippen LogP contribution is 2.34. The van der Waals surface area contributed by atoms with Crippen LogP contribution in [0.25, 0.3) is 0 Å². The van der Waals surface area contributed by atoms with Crippen molar-refractivity contribution in [2.75, 3.05) is 25.0 Å². The Bertz CT molecular complexity index is 491. The van der Waals surface area contributed by atoms with Crippen molar-refractivity contribution < 1.29 is 5.11 Å². The van der Waals surface area contributed by atoms with E-state index in [9.17, 15) is 5.11 Å². The maximum absolute atomic E-state index is 9.67. The van der Waals surface area contributed by atoms with Crippen LogP contribution < -0.4 is 4.90 Å². The molecule has 3 nitrogen and oxygen atoms in total. The Hall–Kier alpha value is -0.580. The lowest BCUT2D eigenvalue weighted by Gasteiger charge is -2.28. The molecule has 3 atom stereocenters. The first-order chi connectivity index (χ1) is 9.56. The van der Waals surface area contributed by atoms with Gasteiger partial charge in [-0.15, -0.1) is 0 Å². The SMILES string of the molecule is C[C@@H](O)c1ccc(N2CCC3CCC(C2)N3C)c(Br)c1. The summed E-state index contributed by atoms with van der Waals surface area (Å²) in [5, 5.41) is 9.67. The average Bonchev–Trinajstić information content (AvgIpc) is 2.64. The number of anilines is 1. The predicted octanol–water partition coefficient (Wildman–Crippen LogP) is 3.18. The van der Waals surface area contributed by atoms with Crippen LogP contribution in [-0.2, 0) is 0 Å². The van der Waals surface area contributed by atoms with E-state index in [-0.39, 0.29) is 0 Å². The van der Waals surface area contributed by atoms with Crippen LogP contribution in [0.3, 0.4) is 0 Å². The van der Waals surface area contributed by atoms with Gasteiger partial charge in [0.05, 0.1) is 11.8 Å². The fourth-order valence-electron chi connectivity index (χ4n) is 3.57. The Morgan fingerprint density at radius 2 is 2.00 bits per heavy atom. The van der Waals surface area contributed by atoms with Gasteiger partial charge in [0.2, 0.25) is 0 Å². The number of aliphatic hydroxyl groups excluding tert-OH is 1. The summed E-state index contributed by atoms with van der Waals surface area (Å²) in [6.45, 7) is 4.04. The molecule has 0 saturated carbocycles. The standard InChI is InChI=1S/C16H23BrN2O/c1-11(20)12-3-6-16(15(17)9-12)19-8-7-13-4-5-14(10-19)18(13)2/h3,6,9,11,13-14,20H,4-5,7-8,10H2,1-2H3/t11-,13?,14?/m1/s1. The van der Waals surface area contributed by atoms with Crippen molar-refractivity contribution in [1.29, 1.82) is 0 Å². The lowest BCUT2D eigenvalue weighted by Crippen LogP contribution is -2.36. The van der Waals surface area contributed by atoms with Gasteiger partial charge < -0.3 is 10.0 Å². The summed E-state index contributed by atoms with van der Waals surface area (Å²) in [4.78, 5) is 5.06. The largest absolute Gasteiger partial charge is 0.389 e. The van der Waals surface area contributed by atoms with Gasteiger partial charge in [0.15, 0.2) is 0 Å². The molecule has 20 heavy (non-hydrogen) atoms. The number of likely N-dealkylation sites (N-methyl/N-ethyl adjacent to an activating group) is 1. The predicted molar refractivity (Wildman–Crippen MR) is 86.2 cm³/mol. The molecule has 0 aliphatic carbocycles. The zero-order valence-corrected chi connectivity index (χ0v) is 13.8. The van der Waals surface area contributed by atoms with Gasteiger partial charge in [-0.25, -0.2) is 0 Å². The second-order valence-electron chi connectivity index (χ2n) is 6.17. The Labute approximate surface area is 129 Å². The number of aliphatic hydroxyl groups is 1. The minimum absolute atomic E-state index is 0.411. The van der Waals surface area contributed by atoms with Crippen LogP contribution in [0, 0.1) is 0 Å². The van der Waals surface area contributed by atoms with E-state index in [1.165, 1.54) is 24.9 Å². The monoisotopic (exact) mass is 338 g/mol. The molecule has 0 spiro atoms. The van der Waals surface area contributed by atoms with Gasteiger partial charge in [-0.1, -0.05) is 6.07 Å².